The summed E-state index contributed by atoms with van der Waals surface area (Å²) in [5.74, 6) is -1.31. The number of halogens is 3. The lowest BCUT2D eigenvalue weighted by Gasteiger charge is -2.27. The second-order valence-electron chi connectivity index (χ2n) is 10.6. The Morgan fingerprint density at radius 2 is 1.74 bits per heavy atom. The Morgan fingerprint density at radius 3 is 2.48 bits per heavy atom. The van der Waals surface area contributed by atoms with E-state index >= 15 is 0 Å². The van der Waals surface area contributed by atoms with Gasteiger partial charge >= 0.3 is 12.1 Å². The van der Waals surface area contributed by atoms with Gasteiger partial charge in [0.2, 0.25) is 0 Å². The number of aliphatic carboxylic acids is 1. The number of benzene rings is 3. The second kappa shape index (κ2) is 13.8. The Morgan fingerprint density at radius 1 is 0.976 bits per heavy atom. The molecule has 10 heteroatoms. The van der Waals surface area contributed by atoms with Crippen molar-refractivity contribution in [3.8, 4) is 5.75 Å². The zero-order valence-corrected chi connectivity index (χ0v) is 23.7. The standard InChI is InChI=1S/C32H35F3N2O5/c1-22(2)36-11-12-41-13-14-42-29-10-9-26(18-27(29)16-23-5-3-6-24(15-23)19-36)31(40)37(21-30(38)39)20-25-7-4-8-28(17-25)32(33,34)35/h3-10,15,17-18,22H,11-14,16,19-21H2,1-2H3,(H,38,39). The number of rotatable bonds is 6. The van der Waals surface area contributed by atoms with Crippen LogP contribution in [0, 0.1) is 0 Å². The Balaban J connectivity index is 1.64. The zero-order chi connectivity index (χ0) is 30.3. The van der Waals surface area contributed by atoms with Crippen LogP contribution >= 0.6 is 0 Å². The number of carboxylic acids is 1. The molecule has 7 nitrogen and oxygen atoms in total. The normalized spacial score (nSPS) is 14.9. The van der Waals surface area contributed by atoms with Crippen molar-refractivity contribution >= 4 is 11.9 Å². The van der Waals surface area contributed by atoms with Crippen LogP contribution in [0.1, 0.15) is 52.0 Å². The minimum absolute atomic E-state index is 0.174. The van der Waals surface area contributed by atoms with Crippen molar-refractivity contribution < 1.29 is 37.3 Å². The van der Waals surface area contributed by atoms with Gasteiger partial charge in [-0.15, -0.1) is 0 Å². The number of amides is 1. The number of hydrogen-bond donors (Lipinski definition) is 1. The first-order valence-electron chi connectivity index (χ1n) is 13.8. The van der Waals surface area contributed by atoms with Crippen molar-refractivity contribution in [1.29, 1.82) is 0 Å². The number of hydrogen-bond acceptors (Lipinski definition) is 5. The molecule has 0 saturated carbocycles. The lowest BCUT2D eigenvalue weighted by Crippen LogP contribution is -2.35. The lowest BCUT2D eigenvalue weighted by molar-refractivity contribution is -0.139. The van der Waals surface area contributed by atoms with Crippen LogP contribution in [-0.2, 0) is 35.2 Å². The van der Waals surface area contributed by atoms with E-state index in [1.165, 1.54) is 12.1 Å². The van der Waals surface area contributed by atoms with Gasteiger partial charge in [0.25, 0.3) is 5.91 Å². The molecule has 0 fully saturated rings. The van der Waals surface area contributed by atoms with Gasteiger partial charge in [0, 0.05) is 37.7 Å². The number of carbonyl (C=O) groups is 2. The molecule has 1 aliphatic heterocycles. The van der Waals surface area contributed by atoms with Crippen molar-refractivity contribution in [3.05, 3.63) is 100 Å². The fourth-order valence-electron chi connectivity index (χ4n) is 4.91. The van der Waals surface area contributed by atoms with E-state index in [4.69, 9.17) is 9.47 Å². The Kier molecular flexibility index (Phi) is 10.2. The van der Waals surface area contributed by atoms with E-state index < -0.39 is 30.2 Å². The molecule has 0 aromatic heterocycles. The molecule has 1 N–H and O–H groups in total. The Bertz CT molecular complexity index is 1390. The zero-order valence-electron chi connectivity index (χ0n) is 23.7. The lowest BCUT2D eigenvalue weighted by atomic mass is 9.99. The van der Waals surface area contributed by atoms with Gasteiger partial charge in [0.05, 0.1) is 18.8 Å². The summed E-state index contributed by atoms with van der Waals surface area (Å²) in [6.07, 6.45) is -4.10. The molecule has 2 bridgehead atoms. The van der Waals surface area contributed by atoms with Gasteiger partial charge in [-0.1, -0.05) is 36.4 Å². The fraction of sp³-hybridized carbons (Fsp3) is 0.375. The van der Waals surface area contributed by atoms with E-state index in [0.717, 1.165) is 46.8 Å². The van der Waals surface area contributed by atoms with E-state index in [1.54, 1.807) is 18.2 Å². The van der Waals surface area contributed by atoms with E-state index in [9.17, 15) is 27.9 Å². The highest BCUT2D eigenvalue weighted by Crippen LogP contribution is 2.30. The number of carbonyl (C=O) groups excluding carboxylic acids is 1. The molecular weight excluding hydrogens is 549 g/mol. The largest absolute Gasteiger partial charge is 0.491 e. The Labute approximate surface area is 243 Å². The van der Waals surface area contributed by atoms with Gasteiger partial charge in [-0.05, 0) is 66.4 Å². The molecule has 0 spiro atoms. The number of nitrogens with zero attached hydrogens (tertiary/aromatic N) is 2. The molecule has 0 unspecified atom stereocenters. The third-order valence-electron chi connectivity index (χ3n) is 7.06. The summed E-state index contributed by atoms with van der Waals surface area (Å²) in [6.45, 7) is 6.13. The third kappa shape index (κ3) is 8.56. The van der Waals surface area contributed by atoms with Crippen LogP contribution in [0.15, 0.2) is 66.7 Å². The van der Waals surface area contributed by atoms with Crippen LogP contribution in [0.4, 0.5) is 13.2 Å². The van der Waals surface area contributed by atoms with Crippen molar-refractivity contribution in [2.45, 2.75) is 45.6 Å². The summed E-state index contributed by atoms with van der Waals surface area (Å²) < 4.78 is 51.5. The van der Waals surface area contributed by atoms with Crippen LogP contribution in [0.5, 0.6) is 5.75 Å². The highest BCUT2D eigenvalue weighted by atomic mass is 19.4. The molecule has 4 rings (SSSR count). The number of alkyl halides is 3. The molecule has 1 amide bonds. The van der Waals surface area contributed by atoms with Gasteiger partial charge in [-0.3, -0.25) is 14.5 Å². The van der Waals surface area contributed by atoms with E-state index in [-0.39, 0.29) is 17.7 Å². The van der Waals surface area contributed by atoms with Crippen molar-refractivity contribution in [2.75, 3.05) is 32.9 Å². The summed E-state index contributed by atoms with van der Waals surface area (Å²) in [6, 6.07) is 17.9. The molecule has 42 heavy (non-hydrogen) atoms. The summed E-state index contributed by atoms with van der Waals surface area (Å²) in [5, 5.41) is 9.47. The summed E-state index contributed by atoms with van der Waals surface area (Å²) in [5.41, 5.74) is 2.41. The first-order chi connectivity index (χ1) is 20.0. The average Bonchev–Trinajstić information content (AvgIpc) is 2.93. The summed E-state index contributed by atoms with van der Waals surface area (Å²) in [7, 11) is 0. The van der Waals surface area contributed by atoms with Crippen LogP contribution < -0.4 is 4.74 Å². The number of fused-ring (bicyclic) bond motifs is 3. The highest BCUT2D eigenvalue weighted by molar-refractivity contribution is 5.96. The topological polar surface area (TPSA) is 79.3 Å². The van der Waals surface area contributed by atoms with E-state index in [2.05, 4.69) is 30.9 Å². The predicted octanol–water partition coefficient (Wildman–Crippen LogP) is 5.64. The maximum absolute atomic E-state index is 13.6. The smallest absolute Gasteiger partial charge is 0.416 e. The van der Waals surface area contributed by atoms with Crippen LogP contribution in [-0.4, -0.2) is 65.7 Å². The van der Waals surface area contributed by atoms with Crippen LogP contribution in [0.3, 0.4) is 0 Å². The predicted molar refractivity (Wildman–Crippen MR) is 151 cm³/mol. The van der Waals surface area contributed by atoms with Gasteiger partial charge in [-0.2, -0.15) is 13.2 Å². The first-order valence-corrected chi connectivity index (χ1v) is 13.8. The summed E-state index contributed by atoms with van der Waals surface area (Å²) in [4.78, 5) is 28.5. The molecule has 1 aliphatic rings. The SMILES string of the molecule is CC(C)N1CCOCCOc2ccc(C(=O)N(CC(=O)O)Cc3cccc(C(F)(F)F)c3)cc2Cc2cccc(c2)C1. The van der Waals surface area contributed by atoms with Gasteiger partial charge in [0.15, 0.2) is 0 Å². The van der Waals surface area contributed by atoms with Crippen molar-refractivity contribution in [2.24, 2.45) is 0 Å². The molecule has 3 aromatic carbocycles. The first kappa shape index (κ1) is 31.1. The minimum atomic E-state index is -4.56. The van der Waals surface area contributed by atoms with Gasteiger partial charge in [-0.25, -0.2) is 0 Å². The number of carboxylic acid groups (broad SMARTS) is 1. The maximum atomic E-state index is 13.6. The molecule has 0 saturated heterocycles. The molecule has 0 atom stereocenters. The molecule has 1 heterocycles. The molecule has 224 valence electrons. The number of ether oxygens (including phenoxy) is 2. The molecule has 0 aliphatic carbocycles. The van der Waals surface area contributed by atoms with Crippen molar-refractivity contribution in [1.82, 2.24) is 9.80 Å². The van der Waals surface area contributed by atoms with E-state index in [0.29, 0.717) is 38.0 Å². The molecule has 3 aromatic rings. The van der Waals surface area contributed by atoms with Crippen LogP contribution in [0.25, 0.3) is 0 Å². The Hall–Kier alpha value is -3.89. The summed E-state index contributed by atoms with van der Waals surface area (Å²) >= 11 is 0. The van der Waals surface area contributed by atoms with Crippen LogP contribution in [0.2, 0.25) is 0 Å². The van der Waals surface area contributed by atoms with E-state index in [1.807, 2.05) is 12.1 Å². The van der Waals surface area contributed by atoms with Gasteiger partial charge < -0.3 is 19.5 Å². The quantitative estimate of drug-likeness (QED) is 0.404. The third-order valence-corrected chi connectivity index (χ3v) is 7.06. The minimum Gasteiger partial charge on any atom is -0.491 e. The second-order valence-corrected chi connectivity index (χ2v) is 10.6. The van der Waals surface area contributed by atoms with Gasteiger partial charge in [0.1, 0.15) is 18.9 Å². The monoisotopic (exact) mass is 584 g/mol. The van der Waals surface area contributed by atoms with Crippen molar-refractivity contribution in [3.63, 3.8) is 0 Å². The molecule has 0 radical (unpaired) electrons. The average molecular weight is 585 g/mol. The maximum Gasteiger partial charge on any atom is 0.416 e. The fourth-order valence-corrected chi connectivity index (χ4v) is 4.91. The highest BCUT2D eigenvalue weighted by Gasteiger charge is 2.31. The molecular formula is C32H35F3N2O5.